The molecule has 1 aliphatic rings. The average molecular weight is 449 g/mol. The first-order chi connectivity index (χ1) is 15.9. The Morgan fingerprint density at radius 1 is 1.18 bits per heavy atom. The first kappa shape index (κ1) is 21.0. The predicted molar refractivity (Wildman–Crippen MR) is 121 cm³/mol. The van der Waals surface area contributed by atoms with Crippen molar-refractivity contribution >= 4 is 17.2 Å². The van der Waals surface area contributed by atoms with Gasteiger partial charge in [-0.3, -0.25) is 14.7 Å². The third-order valence-corrected chi connectivity index (χ3v) is 6.14. The van der Waals surface area contributed by atoms with Crippen molar-refractivity contribution in [3.63, 3.8) is 0 Å². The van der Waals surface area contributed by atoms with Crippen LogP contribution in [0.5, 0.6) is 0 Å². The molecule has 1 aliphatic heterocycles. The number of amides is 1. The van der Waals surface area contributed by atoms with E-state index in [1.165, 1.54) is 18.2 Å². The number of carbonyl (C=O) groups excluding carboxylic acids is 1. The van der Waals surface area contributed by atoms with Gasteiger partial charge in [0, 0.05) is 41.7 Å². The summed E-state index contributed by atoms with van der Waals surface area (Å²) in [6.45, 7) is 4.39. The summed E-state index contributed by atoms with van der Waals surface area (Å²) in [5, 5.41) is 14.0. The number of fused-ring (bicyclic) bond motifs is 2. The summed E-state index contributed by atoms with van der Waals surface area (Å²) in [6.07, 6.45) is 4.05. The molecule has 33 heavy (non-hydrogen) atoms. The molecule has 3 aromatic heterocycles. The smallest absolute Gasteiger partial charge is 0.266 e. The van der Waals surface area contributed by atoms with Crippen LogP contribution in [0, 0.1) is 19.7 Å². The van der Waals surface area contributed by atoms with Crippen LogP contribution in [0.3, 0.4) is 0 Å². The van der Waals surface area contributed by atoms with E-state index >= 15 is 0 Å². The summed E-state index contributed by atoms with van der Waals surface area (Å²) >= 11 is 0. The number of halogens is 1. The van der Waals surface area contributed by atoms with Crippen LogP contribution in [0.25, 0.3) is 17.0 Å². The van der Waals surface area contributed by atoms with Crippen molar-refractivity contribution in [1.82, 2.24) is 29.4 Å². The number of hydrogen-bond donors (Lipinski definition) is 2. The molecule has 0 saturated carbocycles. The summed E-state index contributed by atoms with van der Waals surface area (Å²) in [4.78, 5) is 28.9. The Balaban J connectivity index is 1.41. The zero-order chi connectivity index (χ0) is 23.1. The normalized spacial score (nSPS) is 13.7. The van der Waals surface area contributed by atoms with Gasteiger partial charge in [-0.05, 0) is 44.9 Å². The zero-order valence-corrected chi connectivity index (χ0v) is 18.5. The van der Waals surface area contributed by atoms with Crippen molar-refractivity contribution in [3.05, 3.63) is 63.2 Å². The number of carbonyl (C=O) groups is 1. The van der Waals surface area contributed by atoms with Crippen molar-refractivity contribution in [2.75, 3.05) is 5.32 Å². The van der Waals surface area contributed by atoms with Crippen molar-refractivity contribution < 1.29 is 9.18 Å². The standard InChI is InChI=1S/C23H24FN7O2/c1-13-16(14(2)31-20(25-13)12-22(33)29-31)11-21(32)26-15-7-8-18(24)17(10-15)23-28-27-19-6-4-3-5-9-30(19)23/h7-8,10,12H,3-6,9,11H2,1-2H3,(H,26,32)(H,29,33). The van der Waals surface area contributed by atoms with Gasteiger partial charge in [-0.1, -0.05) is 6.42 Å². The molecule has 1 amide bonds. The van der Waals surface area contributed by atoms with Crippen LogP contribution in [0.4, 0.5) is 10.1 Å². The molecule has 10 heteroatoms. The highest BCUT2D eigenvalue weighted by molar-refractivity contribution is 5.93. The van der Waals surface area contributed by atoms with Gasteiger partial charge in [0.15, 0.2) is 11.5 Å². The lowest BCUT2D eigenvalue weighted by Crippen LogP contribution is -2.18. The van der Waals surface area contributed by atoms with Crippen LogP contribution < -0.4 is 10.9 Å². The van der Waals surface area contributed by atoms with Gasteiger partial charge >= 0.3 is 0 Å². The SMILES string of the molecule is Cc1nc2cc(=O)[nH]n2c(C)c1CC(=O)Nc1ccc(F)c(-c2nnc3n2CCCCC3)c1. The van der Waals surface area contributed by atoms with Crippen LogP contribution in [-0.4, -0.2) is 35.3 Å². The maximum absolute atomic E-state index is 14.7. The number of anilines is 1. The Hall–Kier alpha value is -3.82. The topological polar surface area (TPSA) is 110 Å². The molecule has 0 fully saturated rings. The molecule has 0 spiro atoms. The minimum Gasteiger partial charge on any atom is -0.326 e. The number of benzene rings is 1. The van der Waals surface area contributed by atoms with Crippen LogP contribution >= 0.6 is 0 Å². The maximum atomic E-state index is 14.7. The lowest BCUT2D eigenvalue weighted by molar-refractivity contribution is -0.115. The number of nitrogens with zero attached hydrogens (tertiary/aromatic N) is 5. The van der Waals surface area contributed by atoms with E-state index < -0.39 is 5.82 Å². The van der Waals surface area contributed by atoms with E-state index in [-0.39, 0.29) is 17.9 Å². The molecule has 4 aromatic rings. The summed E-state index contributed by atoms with van der Waals surface area (Å²) in [7, 11) is 0. The van der Waals surface area contributed by atoms with E-state index in [1.54, 1.807) is 17.5 Å². The monoisotopic (exact) mass is 449 g/mol. The predicted octanol–water partition coefficient (Wildman–Crippen LogP) is 2.94. The Kier molecular flexibility index (Phi) is 5.27. The largest absolute Gasteiger partial charge is 0.326 e. The fraction of sp³-hybridized carbons (Fsp3) is 0.348. The van der Waals surface area contributed by atoms with E-state index in [1.807, 2.05) is 11.5 Å². The van der Waals surface area contributed by atoms with Crippen LogP contribution in [0.1, 0.15) is 42.0 Å². The fourth-order valence-electron chi connectivity index (χ4n) is 4.44. The molecule has 0 radical (unpaired) electrons. The molecule has 0 bridgehead atoms. The van der Waals surface area contributed by atoms with Crippen molar-refractivity contribution in [2.45, 2.75) is 52.5 Å². The molecule has 170 valence electrons. The summed E-state index contributed by atoms with van der Waals surface area (Å²) in [6, 6.07) is 5.87. The quantitative estimate of drug-likeness (QED) is 0.498. The van der Waals surface area contributed by atoms with E-state index in [0.717, 1.165) is 49.3 Å². The first-order valence-corrected chi connectivity index (χ1v) is 11.0. The fourth-order valence-corrected chi connectivity index (χ4v) is 4.44. The third kappa shape index (κ3) is 3.92. The van der Waals surface area contributed by atoms with Crippen molar-refractivity contribution in [1.29, 1.82) is 0 Å². The number of aromatic amines is 1. The molecule has 1 aromatic carbocycles. The minimum atomic E-state index is -0.412. The molecule has 9 nitrogen and oxygen atoms in total. The molecule has 2 N–H and O–H groups in total. The van der Waals surface area contributed by atoms with Gasteiger partial charge in [0.05, 0.1) is 12.0 Å². The van der Waals surface area contributed by atoms with E-state index in [0.29, 0.717) is 28.4 Å². The number of rotatable bonds is 4. The highest BCUT2D eigenvalue weighted by Crippen LogP contribution is 2.27. The van der Waals surface area contributed by atoms with Gasteiger partial charge in [0.25, 0.3) is 5.56 Å². The van der Waals surface area contributed by atoms with Gasteiger partial charge in [0.1, 0.15) is 11.6 Å². The molecular formula is C23H24FN7O2. The van der Waals surface area contributed by atoms with Gasteiger partial charge < -0.3 is 9.88 Å². The van der Waals surface area contributed by atoms with Crippen molar-refractivity contribution in [3.8, 4) is 11.4 Å². The third-order valence-electron chi connectivity index (χ3n) is 6.14. The van der Waals surface area contributed by atoms with Crippen LogP contribution in [0.15, 0.2) is 29.1 Å². The van der Waals surface area contributed by atoms with E-state index in [2.05, 4.69) is 25.6 Å². The Bertz CT molecular complexity index is 1430. The number of hydrogen-bond acceptors (Lipinski definition) is 5. The summed E-state index contributed by atoms with van der Waals surface area (Å²) < 4.78 is 18.3. The Morgan fingerprint density at radius 2 is 2.03 bits per heavy atom. The number of aryl methyl sites for hydroxylation is 3. The second kappa shape index (κ2) is 8.27. The second-order valence-electron chi connectivity index (χ2n) is 8.40. The molecule has 0 unspecified atom stereocenters. The number of aromatic nitrogens is 6. The van der Waals surface area contributed by atoms with Crippen molar-refractivity contribution in [2.24, 2.45) is 0 Å². The molecule has 0 atom stereocenters. The van der Waals surface area contributed by atoms with Crippen LogP contribution in [-0.2, 0) is 24.2 Å². The molecule has 0 saturated heterocycles. The number of nitrogens with one attached hydrogen (secondary N) is 2. The lowest BCUT2D eigenvalue weighted by Gasteiger charge is -2.13. The highest BCUT2D eigenvalue weighted by atomic mass is 19.1. The Morgan fingerprint density at radius 3 is 2.88 bits per heavy atom. The second-order valence-corrected chi connectivity index (χ2v) is 8.40. The molecule has 5 rings (SSSR count). The average Bonchev–Trinajstić information content (AvgIpc) is 3.27. The van der Waals surface area contributed by atoms with Gasteiger partial charge in [-0.2, -0.15) is 0 Å². The van der Waals surface area contributed by atoms with Gasteiger partial charge in [-0.25, -0.2) is 13.9 Å². The minimum absolute atomic E-state index is 0.0634. The van der Waals surface area contributed by atoms with Crippen LogP contribution in [0.2, 0.25) is 0 Å². The molecule has 0 aliphatic carbocycles. The van der Waals surface area contributed by atoms with Gasteiger partial charge in [-0.15, -0.1) is 10.2 Å². The molecule has 4 heterocycles. The highest BCUT2D eigenvalue weighted by Gasteiger charge is 2.20. The summed E-state index contributed by atoms with van der Waals surface area (Å²) in [5.41, 5.74) is 3.17. The van der Waals surface area contributed by atoms with E-state index in [9.17, 15) is 14.0 Å². The Labute approximate surface area is 188 Å². The zero-order valence-electron chi connectivity index (χ0n) is 18.5. The number of H-pyrrole nitrogens is 1. The van der Waals surface area contributed by atoms with E-state index in [4.69, 9.17) is 0 Å². The molecular weight excluding hydrogens is 425 g/mol. The summed E-state index contributed by atoms with van der Waals surface area (Å²) in [5.74, 6) is 0.673. The van der Waals surface area contributed by atoms with Gasteiger partial charge in [0.2, 0.25) is 5.91 Å². The maximum Gasteiger partial charge on any atom is 0.266 e. The lowest BCUT2D eigenvalue weighted by atomic mass is 10.1. The first-order valence-electron chi connectivity index (χ1n) is 11.0.